The summed E-state index contributed by atoms with van der Waals surface area (Å²) in [6.07, 6.45) is -0.0531. The fourth-order valence-electron chi connectivity index (χ4n) is 2.46. The summed E-state index contributed by atoms with van der Waals surface area (Å²) in [7, 11) is 0. The van der Waals surface area contributed by atoms with Gasteiger partial charge >= 0.3 is 0 Å². The predicted molar refractivity (Wildman–Crippen MR) is 42.6 cm³/mol. The molecule has 0 radical (unpaired) electrons. The van der Waals surface area contributed by atoms with E-state index in [4.69, 9.17) is 5.11 Å². The summed E-state index contributed by atoms with van der Waals surface area (Å²) in [5.74, 6) is -0.150. The highest BCUT2D eigenvalue weighted by Gasteiger charge is 2.47. The van der Waals surface area contributed by atoms with Crippen molar-refractivity contribution in [2.45, 2.75) is 24.7 Å². The van der Waals surface area contributed by atoms with Crippen molar-refractivity contribution in [1.29, 1.82) is 0 Å². The molecule has 3 N–H and O–H groups in total. The Morgan fingerprint density at radius 3 is 2.67 bits per heavy atom. The van der Waals surface area contributed by atoms with Crippen LogP contribution in [0, 0.1) is 5.92 Å². The molecule has 0 amide bonds. The molecule has 2 heterocycles. The van der Waals surface area contributed by atoms with Gasteiger partial charge in [0.25, 0.3) is 0 Å². The Bertz CT molecular complexity index is 176. The molecule has 2 aliphatic heterocycles. The maximum Gasteiger partial charge on any atom is 0.0733 e. The minimum atomic E-state index is -0.463. The molecule has 0 unspecified atom stereocenters. The van der Waals surface area contributed by atoms with Crippen molar-refractivity contribution in [1.82, 2.24) is 4.90 Å². The lowest BCUT2D eigenvalue weighted by Gasteiger charge is -2.21. The number of fused-ring (bicyclic) bond motifs is 1. The second-order valence-electron chi connectivity index (χ2n) is 3.76. The van der Waals surface area contributed by atoms with Crippen LogP contribution < -0.4 is 0 Å². The van der Waals surface area contributed by atoms with Crippen LogP contribution in [-0.4, -0.2) is 58.2 Å². The lowest BCUT2D eigenvalue weighted by atomic mass is 9.95. The second kappa shape index (κ2) is 2.96. The first-order chi connectivity index (χ1) is 5.74. The first kappa shape index (κ1) is 8.44. The number of hydrogen-bond donors (Lipinski definition) is 3. The highest BCUT2D eigenvalue weighted by molar-refractivity contribution is 5.00. The summed E-state index contributed by atoms with van der Waals surface area (Å²) in [4.78, 5) is 2.07. The molecule has 2 fully saturated rings. The van der Waals surface area contributed by atoms with Gasteiger partial charge in [-0.3, -0.25) is 4.90 Å². The molecule has 4 atom stereocenters. The van der Waals surface area contributed by atoms with Crippen LogP contribution in [0.5, 0.6) is 0 Å². The summed E-state index contributed by atoms with van der Waals surface area (Å²) in [5, 5.41) is 28.1. The van der Waals surface area contributed by atoms with E-state index in [9.17, 15) is 10.2 Å². The van der Waals surface area contributed by atoms with Crippen LogP contribution in [0.4, 0.5) is 0 Å². The molecule has 12 heavy (non-hydrogen) atoms. The van der Waals surface area contributed by atoms with E-state index in [2.05, 4.69) is 4.90 Å². The van der Waals surface area contributed by atoms with E-state index in [1.165, 1.54) is 0 Å². The Labute approximate surface area is 71.4 Å². The molecule has 2 saturated heterocycles. The molecule has 0 bridgehead atoms. The third-order valence-corrected chi connectivity index (χ3v) is 3.09. The first-order valence-corrected chi connectivity index (χ1v) is 4.45. The maximum atomic E-state index is 9.55. The monoisotopic (exact) mass is 173 g/mol. The van der Waals surface area contributed by atoms with Gasteiger partial charge in [0.2, 0.25) is 0 Å². The summed E-state index contributed by atoms with van der Waals surface area (Å²) in [6, 6.07) is -0.00926. The van der Waals surface area contributed by atoms with E-state index in [-0.39, 0.29) is 24.7 Å². The van der Waals surface area contributed by atoms with Gasteiger partial charge in [-0.1, -0.05) is 0 Å². The maximum absolute atomic E-state index is 9.55. The van der Waals surface area contributed by atoms with Gasteiger partial charge in [-0.15, -0.1) is 0 Å². The van der Waals surface area contributed by atoms with Crippen molar-refractivity contribution in [3.05, 3.63) is 0 Å². The molecule has 4 nitrogen and oxygen atoms in total. The summed E-state index contributed by atoms with van der Waals surface area (Å²) in [5.41, 5.74) is 0. The third kappa shape index (κ3) is 1.07. The fourth-order valence-corrected chi connectivity index (χ4v) is 2.46. The van der Waals surface area contributed by atoms with Crippen LogP contribution >= 0.6 is 0 Å². The number of rotatable bonds is 1. The van der Waals surface area contributed by atoms with E-state index >= 15 is 0 Å². The van der Waals surface area contributed by atoms with Gasteiger partial charge in [-0.25, -0.2) is 0 Å². The smallest absolute Gasteiger partial charge is 0.0733 e. The summed E-state index contributed by atoms with van der Waals surface area (Å²) in [6.45, 7) is 1.42. The molecular weight excluding hydrogens is 158 g/mol. The molecule has 70 valence electrons. The highest BCUT2D eigenvalue weighted by atomic mass is 16.3. The van der Waals surface area contributed by atoms with E-state index < -0.39 is 6.10 Å². The Morgan fingerprint density at radius 1 is 1.25 bits per heavy atom. The number of aliphatic hydroxyl groups is 3. The Kier molecular flexibility index (Phi) is 2.08. The van der Waals surface area contributed by atoms with Crippen LogP contribution in [0.3, 0.4) is 0 Å². The van der Waals surface area contributed by atoms with Crippen molar-refractivity contribution >= 4 is 0 Å². The first-order valence-electron chi connectivity index (χ1n) is 4.45. The SMILES string of the molecule is OC[C@@H]1[C@@H]2[C@H](O)CCN2C[C@H]1O. The molecule has 0 aliphatic carbocycles. The summed E-state index contributed by atoms with van der Waals surface area (Å²) < 4.78 is 0. The Hall–Kier alpha value is -0.160. The highest BCUT2D eigenvalue weighted by Crippen LogP contribution is 2.32. The normalized spacial score (nSPS) is 48.2. The van der Waals surface area contributed by atoms with Gasteiger partial charge in [0, 0.05) is 25.0 Å². The molecule has 0 aromatic carbocycles. The van der Waals surface area contributed by atoms with Crippen molar-refractivity contribution in [2.75, 3.05) is 19.7 Å². The van der Waals surface area contributed by atoms with E-state index in [1.807, 2.05) is 0 Å². The zero-order valence-corrected chi connectivity index (χ0v) is 6.93. The van der Waals surface area contributed by atoms with E-state index in [0.717, 1.165) is 13.0 Å². The lowest BCUT2D eigenvalue weighted by molar-refractivity contribution is 0.0518. The van der Waals surface area contributed by atoms with Gasteiger partial charge in [-0.2, -0.15) is 0 Å². The second-order valence-corrected chi connectivity index (χ2v) is 3.76. The standard InChI is InChI=1S/C8H15NO3/c10-4-5-7(12)3-9-2-1-6(11)8(5)9/h5-8,10-12H,1-4H2/t5-,6+,7+,8+/m0/s1. The minimum Gasteiger partial charge on any atom is -0.396 e. The van der Waals surface area contributed by atoms with Crippen molar-refractivity contribution in [3.63, 3.8) is 0 Å². The lowest BCUT2D eigenvalue weighted by Crippen LogP contribution is -2.36. The van der Waals surface area contributed by atoms with Crippen LogP contribution in [0.15, 0.2) is 0 Å². The van der Waals surface area contributed by atoms with Crippen LogP contribution in [0.1, 0.15) is 6.42 Å². The van der Waals surface area contributed by atoms with Gasteiger partial charge < -0.3 is 15.3 Å². The van der Waals surface area contributed by atoms with Crippen molar-refractivity contribution < 1.29 is 15.3 Å². The van der Waals surface area contributed by atoms with E-state index in [0.29, 0.717) is 6.54 Å². The molecule has 4 heteroatoms. The average molecular weight is 173 g/mol. The van der Waals surface area contributed by atoms with Crippen LogP contribution in [-0.2, 0) is 0 Å². The Balaban J connectivity index is 2.12. The molecular formula is C8H15NO3. The van der Waals surface area contributed by atoms with Crippen LogP contribution in [0.2, 0.25) is 0 Å². The molecule has 0 aromatic rings. The van der Waals surface area contributed by atoms with Gasteiger partial charge in [0.1, 0.15) is 0 Å². The quantitative estimate of drug-likeness (QED) is 0.447. The van der Waals surface area contributed by atoms with Gasteiger partial charge in [0.05, 0.1) is 18.8 Å². The Morgan fingerprint density at radius 2 is 2.00 bits per heavy atom. The number of nitrogens with zero attached hydrogens (tertiary/aromatic N) is 1. The van der Waals surface area contributed by atoms with Crippen LogP contribution in [0.25, 0.3) is 0 Å². The van der Waals surface area contributed by atoms with Crippen molar-refractivity contribution in [2.24, 2.45) is 5.92 Å². The average Bonchev–Trinajstić information content (AvgIpc) is 2.52. The number of hydrogen-bond acceptors (Lipinski definition) is 4. The van der Waals surface area contributed by atoms with Gasteiger partial charge in [0.15, 0.2) is 0 Å². The topological polar surface area (TPSA) is 63.9 Å². The predicted octanol–water partition coefficient (Wildman–Crippen LogP) is -1.60. The zero-order chi connectivity index (χ0) is 8.72. The fraction of sp³-hybridized carbons (Fsp3) is 1.00. The molecule has 2 aliphatic rings. The largest absolute Gasteiger partial charge is 0.396 e. The summed E-state index contributed by atoms with van der Waals surface area (Å²) >= 11 is 0. The van der Waals surface area contributed by atoms with Crippen molar-refractivity contribution in [3.8, 4) is 0 Å². The zero-order valence-electron chi connectivity index (χ0n) is 6.93. The molecule has 0 spiro atoms. The van der Waals surface area contributed by atoms with Gasteiger partial charge in [-0.05, 0) is 6.42 Å². The molecule has 2 rings (SSSR count). The number of aliphatic hydroxyl groups excluding tert-OH is 3. The minimum absolute atomic E-state index is 0.00926. The molecule has 0 aromatic heterocycles. The third-order valence-electron chi connectivity index (χ3n) is 3.09. The molecule has 0 saturated carbocycles. The van der Waals surface area contributed by atoms with E-state index in [1.54, 1.807) is 0 Å².